The van der Waals surface area contributed by atoms with Crippen LogP contribution < -0.4 is 15.0 Å². The molecule has 25 heavy (non-hydrogen) atoms. The minimum absolute atomic E-state index is 0.143. The van der Waals surface area contributed by atoms with Gasteiger partial charge in [-0.05, 0) is 60.2 Å². The molecule has 0 aliphatic heterocycles. The third-order valence-corrected chi connectivity index (χ3v) is 4.52. The van der Waals surface area contributed by atoms with Gasteiger partial charge in [-0.25, -0.2) is 0 Å². The average Bonchev–Trinajstić information content (AvgIpc) is 2.61. The Morgan fingerprint density at radius 2 is 1.60 bits per heavy atom. The molecule has 1 N–H and O–H groups in total. The lowest BCUT2D eigenvalue weighted by molar-refractivity contribution is 0.397. The molecule has 0 spiro atoms. The van der Waals surface area contributed by atoms with Crippen molar-refractivity contribution >= 4 is 10.8 Å². The van der Waals surface area contributed by atoms with Gasteiger partial charge in [0.1, 0.15) is 17.2 Å². The minimum Gasteiger partial charge on any atom is -0.507 e. The highest BCUT2D eigenvalue weighted by Crippen LogP contribution is 2.33. The molecule has 1 aromatic heterocycles. The van der Waals surface area contributed by atoms with Gasteiger partial charge in [0, 0.05) is 13.1 Å². The summed E-state index contributed by atoms with van der Waals surface area (Å²) in [7, 11) is 4.85. The summed E-state index contributed by atoms with van der Waals surface area (Å²) in [5.41, 5.74) is 3.03. The molecular formula is C20H21NO4. The summed E-state index contributed by atoms with van der Waals surface area (Å²) in [6.45, 7) is 3.69. The topological polar surface area (TPSA) is 60.7 Å². The van der Waals surface area contributed by atoms with E-state index in [1.807, 2.05) is 38.1 Å². The minimum atomic E-state index is -0.143. The second kappa shape index (κ2) is 6.16. The first-order valence-corrected chi connectivity index (χ1v) is 7.93. The van der Waals surface area contributed by atoms with Crippen LogP contribution in [0.25, 0.3) is 22.0 Å². The van der Waals surface area contributed by atoms with E-state index in [9.17, 15) is 9.90 Å². The summed E-state index contributed by atoms with van der Waals surface area (Å²) >= 11 is 0. The van der Waals surface area contributed by atoms with Crippen molar-refractivity contribution in [2.75, 3.05) is 14.2 Å². The van der Waals surface area contributed by atoms with Crippen molar-refractivity contribution in [1.82, 2.24) is 4.57 Å². The van der Waals surface area contributed by atoms with E-state index in [1.165, 1.54) is 7.11 Å². The van der Waals surface area contributed by atoms with Gasteiger partial charge in [-0.15, -0.1) is 0 Å². The molecule has 0 saturated heterocycles. The summed E-state index contributed by atoms with van der Waals surface area (Å²) in [6.07, 6.45) is 0. The van der Waals surface area contributed by atoms with Crippen molar-refractivity contribution < 1.29 is 14.6 Å². The summed E-state index contributed by atoms with van der Waals surface area (Å²) in [4.78, 5) is 12.9. The first kappa shape index (κ1) is 16.9. The molecule has 0 unspecified atom stereocenters. The van der Waals surface area contributed by atoms with E-state index in [2.05, 4.69) is 0 Å². The molecule has 0 amide bonds. The molecule has 3 aromatic rings. The molecule has 5 nitrogen and oxygen atoms in total. The van der Waals surface area contributed by atoms with Gasteiger partial charge in [-0.2, -0.15) is 0 Å². The van der Waals surface area contributed by atoms with Gasteiger partial charge >= 0.3 is 0 Å². The van der Waals surface area contributed by atoms with E-state index < -0.39 is 0 Å². The van der Waals surface area contributed by atoms with E-state index in [4.69, 9.17) is 9.47 Å². The number of benzene rings is 2. The van der Waals surface area contributed by atoms with Gasteiger partial charge in [0.2, 0.25) is 0 Å². The van der Waals surface area contributed by atoms with Crippen molar-refractivity contribution in [1.29, 1.82) is 0 Å². The summed E-state index contributed by atoms with van der Waals surface area (Å²) < 4.78 is 12.3. The molecule has 1 heterocycles. The third-order valence-electron chi connectivity index (χ3n) is 4.52. The molecular weight excluding hydrogens is 318 g/mol. The van der Waals surface area contributed by atoms with Crippen molar-refractivity contribution in [3.8, 4) is 28.5 Å². The zero-order chi connectivity index (χ0) is 18.3. The molecule has 130 valence electrons. The number of aromatic hydroxyl groups is 1. The van der Waals surface area contributed by atoms with Gasteiger partial charge in [0.15, 0.2) is 0 Å². The third kappa shape index (κ3) is 2.71. The number of phenolic OH excluding ortho intramolecular Hbond substituents is 1. The SMILES string of the molecule is COc1cc(OC)c2c(=O)n(C)c(-c3cc(C)c(O)c(C)c3)cc2c1. The van der Waals surface area contributed by atoms with Gasteiger partial charge < -0.3 is 19.1 Å². The van der Waals surface area contributed by atoms with Crippen LogP contribution >= 0.6 is 0 Å². The quantitative estimate of drug-likeness (QED) is 0.793. The van der Waals surface area contributed by atoms with Gasteiger partial charge in [0.25, 0.3) is 5.56 Å². The smallest absolute Gasteiger partial charge is 0.262 e. The fourth-order valence-corrected chi connectivity index (χ4v) is 3.13. The second-order valence-electron chi connectivity index (χ2n) is 6.15. The summed E-state index contributed by atoms with van der Waals surface area (Å²) in [5, 5.41) is 11.3. The lowest BCUT2D eigenvalue weighted by Gasteiger charge is -2.15. The Morgan fingerprint density at radius 3 is 2.16 bits per heavy atom. The number of nitrogens with zero attached hydrogens (tertiary/aromatic N) is 1. The Hall–Kier alpha value is -2.95. The number of ether oxygens (including phenoxy) is 2. The number of hydrogen-bond acceptors (Lipinski definition) is 4. The molecule has 0 bridgehead atoms. The molecule has 0 atom stereocenters. The van der Waals surface area contributed by atoms with E-state index >= 15 is 0 Å². The summed E-state index contributed by atoms with van der Waals surface area (Å²) in [6, 6.07) is 9.22. The van der Waals surface area contributed by atoms with Gasteiger partial charge in [-0.3, -0.25) is 4.79 Å². The second-order valence-corrected chi connectivity index (χ2v) is 6.15. The number of aromatic nitrogens is 1. The Morgan fingerprint density at radius 1 is 0.960 bits per heavy atom. The molecule has 2 aromatic carbocycles. The highest BCUT2D eigenvalue weighted by atomic mass is 16.5. The highest BCUT2D eigenvalue weighted by Gasteiger charge is 2.15. The zero-order valence-corrected chi connectivity index (χ0v) is 15.0. The zero-order valence-electron chi connectivity index (χ0n) is 15.0. The van der Waals surface area contributed by atoms with Crippen LogP contribution in [-0.2, 0) is 7.05 Å². The van der Waals surface area contributed by atoms with Crippen LogP contribution in [0.3, 0.4) is 0 Å². The van der Waals surface area contributed by atoms with Crippen molar-refractivity contribution in [3.05, 3.63) is 51.8 Å². The Kier molecular flexibility index (Phi) is 4.17. The maximum Gasteiger partial charge on any atom is 0.262 e. The number of phenols is 1. The van der Waals surface area contributed by atoms with Crippen LogP contribution in [0.15, 0.2) is 35.1 Å². The maximum absolute atomic E-state index is 12.9. The number of aryl methyl sites for hydroxylation is 2. The maximum atomic E-state index is 12.9. The van der Waals surface area contributed by atoms with Crippen LogP contribution in [0.2, 0.25) is 0 Å². The first-order chi connectivity index (χ1) is 11.9. The lowest BCUT2D eigenvalue weighted by atomic mass is 10.0. The molecule has 0 aliphatic rings. The van der Waals surface area contributed by atoms with Crippen molar-refractivity contribution in [2.45, 2.75) is 13.8 Å². The average molecular weight is 339 g/mol. The standard InChI is InChI=1S/C20H21NO4/c1-11-6-13(7-12(2)19(11)22)16-9-14-8-15(24-4)10-17(25-5)18(14)20(23)21(16)3/h6-10,22H,1-5H3. The van der Waals surface area contributed by atoms with E-state index in [-0.39, 0.29) is 11.3 Å². The molecule has 0 aliphatic carbocycles. The Bertz CT molecular complexity index is 1010. The molecule has 0 fully saturated rings. The van der Waals surface area contributed by atoms with Crippen LogP contribution in [0.4, 0.5) is 0 Å². The lowest BCUT2D eigenvalue weighted by Crippen LogP contribution is -2.19. The first-order valence-electron chi connectivity index (χ1n) is 7.93. The Balaban J connectivity index is 2.38. The number of methoxy groups -OCH3 is 2. The van der Waals surface area contributed by atoms with Crippen molar-refractivity contribution in [3.63, 3.8) is 0 Å². The predicted octanol–water partition coefficient (Wildman–Crippen LogP) is 3.55. The van der Waals surface area contributed by atoms with Gasteiger partial charge in [0.05, 0.1) is 25.3 Å². The van der Waals surface area contributed by atoms with E-state index in [0.29, 0.717) is 16.9 Å². The fraction of sp³-hybridized carbons (Fsp3) is 0.250. The highest BCUT2D eigenvalue weighted by molar-refractivity contribution is 5.91. The number of fused-ring (bicyclic) bond motifs is 1. The summed E-state index contributed by atoms with van der Waals surface area (Å²) in [5.74, 6) is 1.39. The van der Waals surface area contributed by atoms with E-state index in [1.54, 1.807) is 24.8 Å². The number of rotatable bonds is 3. The van der Waals surface area contributed by atoms with E-state index in [0.717, 1.165) is 27.8 Å². The molecule has 5 heteroatoms. The Labute approximate surface area is 146 Å². The normalized spacial score (nSPS) is 10.9. The number of hydrogen-bond donors (Lipinski definition) is 1. The predicted molar refractivity (Wildman–Crippen MR) is 98.9 cm³/mol. The largest absolute Gasteiger partial charge is 0.507 e. The van der Waals surface area contributed by atoms with Crippen LogP contribution in [0.5, 0.6) is 17.2 Å². The van der Waals surface area contributed by atoms with Crippen LogP contribution in [-0.4, -0.2) is 23.9 Å². The molecule has 3 rings (SSSR count). The molecule has 0 saturated carbocycles. The monoisotopic (exact) mass is 339 g/mol. The van der Waals surface area contributed by atoms with Crippen LogP contribution in [0, 0.1) is 13.8 Å². The van der Waals surface area contributed by atoms with Crippen molar-refractivity contribution in [2.24, 2.45) is 7.05 Å². The molecule has 0 radical (unpaired) electrons. The fourth-order valence-electron chi connectivity index (χ4n) is 3.13. The van der Waals surface area contributed by atoms with Crippen LogP contribution in [0.1, 0.15) is 11.1 Å². The van der Waals surface area contributed by atoms with Gasteiger partial charge in [-0.1, -0.05) is 0 Å². The number of pyridine rings is 1.